The van der Waals surface area contributed by atoms with Gasteiger partial charge in [-0.3, -0.25) is 0 Å². The third-order valence-electron chi connectivity index (χ3n) is 2.91. The van der Waals surface area contributed by atoms with Gasteiger partial charge >= 0.3 is 0 Å². The summed E-state index contributed by atoms with van der Waals surface area (Å²) in [4.78, 5) is 4.33. The summed E-state index contributed by atoms with van der Waals surface area (Å²) >= 11 is 0. The molecule has 0 radical (unpaired) electrons. The van der Waals surface area contributed by atoms with Crippen LogP contribution in [0.4, 0.5) is 5.69 Å². The van der Waals surface area contributed by atoms with Crippen molar-refractivity contribution in [2.45, 2.75) is 6.61 Å². The van der Waals surface area contributed by atoms with Crippen LogP contribution >= 0.6 is 0 Å². The van der Waals surface area contributed by atoms with E-state index < -0.39 is 0 Å². The van der Waals surface area contributed by atoms with Crippen LogP contribution in [0.1, 0.15) is 5.89 Å². The zero-order valence-electron chi connectivity index (χ0n) is 11.0. The molecule has 0 amide bonds. The van der Waals surface area contributed by atoms with Crippen LogP contribution in [0, 0.1) is 0 Å². The summed E-state index contributed by atoms with van der Waals surface area (Å²) in [5, 5.41) is 0. The Kier molecular flexibility index (Phi) is 3.16. The van der Waals surface area contributed by atoms with Crippen molar-refractivity contribution in [3.05, 3.63) is 48.4 Å². The second-order valence-corrected chi connectivity index (χ2v) is 4.24. The summed E-state index contributed by atoms with van der Waals surface area (Å²) in [5.41, 5.74) is 7.75. The van der Waals surface area contributed by atoms with Crippen LogP contribution < -0.4 is 15.2 Å². The average molecular weight is 270 g/mol. The minimum absolute atomic E-state index is 0.217. The first kappa shape index (κ1) is 12.3. The zero-order valence-corrected chi connectivity index (χ0v) is 11.0. The van der Waals surface area contributed by atoms with Crippen LogP contribution in [-0.4, -0.2) is 12.1 Å². The van der Waals surface area contributed by atoms with Gasteiger partial charge < -0.3 is 19.6 Å². The van der Waals surface area contributed by atoms with Crippen molar-refractivity contribution in [2.75, 3.05) is 12.8 Å². The van der Waals surface area contributed by atoms with E-state index in [2.05, 4.69) is 4.98 Å². The molecule has 0 aliphatic rings. The Balaban J connectivity index is 1.82. The molecule has 20 heavy (non-hydrogen) atoms. The van der Waals surface area contributed by atoms with E-state index in [9.17, 15) is 0 Å². The lowest BCUT2D eigenvalue weighted by molar-refractivity contribution is 0.253. The smallest absolute Gasteiger partial charge is 0.233 e. The first-order valence-electron chi connectivity index (χ1n) is 6.17. The molecule has 0 saturated carbocycles. The Morgan fingerprint density at radius 1 is 1.10 bits per heavy atom. The molecule has 0 bridgehead atoms. The van der Waals surface area contributed by atoms with Crippen molar-refractivity contribution < 1.29 is 13.9 Å². The van der Waals surface area contributed by atoms with E-state index in [4.69, 9.17) is 19.6 Å². The Bertz CT molecular complexity index is 737. The van der Waals surface area contributed by atoms with Crippen LogP contribution in [0.5, 0.6) is 11.5 Å². The lowest BCUT2D eigenvalue weighted by atomic mass is 10.3. The highest BCUT2D eigenvalue weighted by Crippen LogP contribution is 2.27. The molecule has 3 rings (SSSR count). The first-order valence-corrected chi connectivity index (χ1v) is 6.17. The number of methoxy groups -OCH3 is 1. The van der Waals surface area contributed by atoms with Gasteiger partial charge in [0.05, 0.1) is 12.8 Å². The number of nitrogens with two attached hydrogens (primary N) is 1. The lowest BCUT2D eigenvalue weighted by Crippen LogP contribution is -1.97. The standard InChI is InChI=1S/C15H14N2O3/c1-18-11-6-2-3-7-12(11)19-9-14-17-15-10(16)5-4-8-13(15)20-14/h2-8H,9,16H2,1H3. The number of oxazole rings is 1. The average Bonchev–Trinajstić information content (AvgIpc) is 2.90. The quantitative estimate of drug-likeness (QED) is 0.738. The highest BCUT2D eigenvalue weighted by Gasteiger charge is 2.10. The number of aromatic nitrogens is 1. The van der Waals surface area contributed by atoms with Gasteiger partial charge in [-0.15, -0.1) is 0 Å². The number of rotatable bonds is 4. The largest absolute Gasteiger partial charge is 0.493 e. The number of nitrogen functional groups attached to an aromatic ring is 1. The molecule has 0 spiro atoms. The molecule has 0 atom stereocenters. The lowest BCUT2D eigenvalue weighted by Gasteiger charge is -2.08. The van der Waals surface area contributed by atoms with Gasteiger partial charge in [-0.2, -0.15) is 0 Å². The Morgan fingerprint density at radius 2 is 1.90 bits per heavy atom. The minimum atomic E-state index is 0.217. The maximum absolute atomic E-state index is 5.84. The van der Waals surface area contributed by atoms with Gasteiger partial charge in [0, 0.05) is 0 Å². The third-order valence-corrected chi connectivity index (χ3v) is 2.91. The Hall–Kier alpha value is -2.69. The van der Waals surface area contributed by atoms with E-state index in [1.165, 1.54) is 0 Å². The number of para-hydroxylation sites is 3. The van der Waals surface area contributed by atoms with E-state index in [0.29, 0.717) is 34.2 Å². The molecule has 0 unspecified atom stereocenters. The topological polar surface area (TPSA) is 70.5 Å². The van der Waals surface area contributed by atoms with Crippen molar-refractivity contribution >= 4 is 16.8 Å². The van der Waals surface area contributed by atoms with Gasteiger partial charge in [0.25, 0.3) is 0 Å². The van der Waals surface area contributed by atoms with E-state index in [-0.39, 0.29) is 6.61 Å². The van der Waals surface area contributed by atoms with Crippen LogP contribution in [0.3, 0.4) is 0 Å². The predicted octanol–water partition coefficient (Wildman–Crippen LogP) is 3.00. The molecule has 0 saturated heterocycles. The van der Waals surface area contributed by atoms with Gasteiger partial charge in [0.2, 0.25) is 5.89 Å². The Labute approximate surface area is 115 Å². The number of hydrogen-bond donors (Lipinski definition) is 1. The van der Waals surface area contributed by atoms with Gasteiger partial charge in [0.15, 0.2) is 23.7 Å². The number of benzene rings is 2. The number of anilines is 1. The monoisotopic (exact) mass is 270 g/mol. The number of nitrogens with zero attached hydrogens (tertiary/aromatic N) is 1. The van der Waals surface area contributed by atoms with Crippen molar-refractivity contribution in [3.63, 3.8) is 0 Å². The van der Waals surface area contributed by atoms with E-state index >= 15 is 0 Å². The molecule has 0 fully saturated rings. The first-order chi connectivity index (χ1) is 9.78. The molecule has 5 heteroatoms. The summed E-state index contributed by atoms with van der Waals surface area (Å²) in [7, 11) is 1.60. The molecule has 0 aliphatic carbocycles. The molecule has 5 nitrogen and oxygen atoms in total. The fraction of sp³-hybridized carbons (Fsp3) is 0.133. The minimum Gasteiger partial charge on any atom is -0.493 e. The molecular weight excluding hydrogens is 256 g/mol. The maximum atomic E-state index is 5.84. The van der Waals surface area contributed by atoms with Crippen molar-refractivity contribution in [1.29, 1.82) is 0 Å². The highest BCUT2D eigenvalue weighted by atomic mass is 16.5. The number of ether oxygens (including phenoxy) is 2. The second kappa shape index (κ2) is 5.13. The van der Waals surface area contributed by atoms with Gasteiger partial charge in [-0.25, -0.2) is 4.98 Å². The van der Waals surface area contributed by atoms with Crippen LogP contribution in [0.15, 0.2) is 46.9 Å². The molecule has 0 aliphatic heterocycles. The molecule has 3 aromatic rings. The fourth-order valence-electron chi connectivity index (χ4n) is 1.96. The zero-order chi connectivity index (χ0) is 13.9. The molecule has 102 valence electrons. The van der Waals surface area contributed by atoms with Crippen molar-refractivity contribution in [1.82, 2.24) is 4.98 Å². The van der Waals surface area contributed by atoms with Gasteiger partial charge in [-0.05, 0) is 24.3 Å². The van der Waals surface area contributed by atoms with Crippen molar-refractivity contribution in [2.24, 2.45) is 0 Å². The molecule has 1 heterocycles. The van der Waals surface area contributed by atoms with E-state index in [1.807, 2.05) is 36.4 Å². The van der Waals surface area contributed by atoms with Crippen LogP contribution in [0.2, 0.25) is 0 Å². The molecule has 2 N–H and O–H groups in total. The summed E-state index contributed by atoms with van der Waals surface area (Å²) in [5.74, 6) is 1.79. The summed E-state index contributed by atoms with van der Waals surface area (Å²) in [6, 6.07) is 12.9. The second-order valence-electron chi connectivity index (χ2n) is 4.24. The molecular formula is C15H14N2O3. The molecule has 2 aromatic carbocycles. The van der Waals surface area contributed by atoms with Crippen LogP contribution in [0.25, 0.3) is 11.1 Å². The summed E-state index contributed by atoms with van der Waals surface area (Å²) in [6.45, 7) is 0.217. The number of hydrogen-bond acceptors (Lipinski definition) is 5. The fourth-order valence-corrected chi connectivity index (χ4v) is 1.96. The highest BCUT2D eigenvalue weighted by molar-refractivity contribution is 5.85. The normalized spacial score (nSPS) is 10.7. The Morgan fingerprint density at radius 3 is 2.65 bits per heavy atom. The summed E-state index contributed by atoms with van der Waals surface area (Å²) < 4.78 is 16.5. The van der Waals surface area contributed by atoms with E-state index in [0.717, 1.165) is 0 Å². The SMILES string of the molecule is COc1ccccc1OCc1nc2c(N)cccc2o1. The van der Waals surface area contributed by atoms with Gasteiger partial charge in [0.1, 0.15) is 5.52 Å². The predicted molar refractivity (Wildman–Crippen MR) is 75.7 cm³/mol. The third kappa shape index (κ3) is 2.25. The number of fused-ring (bicyclic) bond motifs is 1. The van der Waals surface area contributed by atoms with Gasteiger partial charge in [-0.1, -0.05) is 18.2 Å². The van der Waals surface area contributed by atoms with Crippen LogP contribution in [-0.2, 0) is 6.61 Å². The summed E-state index contributed by atoms with van der Waals surface area (Å²) in [6.07, 6.45) is 0. The van der Waals surface area contributed by atoms with Crippen molar-refractivity contribution in [3.8, 4) is 11.5 Å². The molecule has 1 aromatic heterocycles. The maximum Gasteiger partial charge on any atom is 0.233 e. The van der Waals surface area contributed by atoms with E-state index in [1.54, 1.807) is 13.2 Å².